The molecule has 2 aromatic heterocycles. The molecule has 0 saturated heterocycles. The summed E-state index contributed by atoms with van der Waals surface area (Å²) >= 11 is 0. The van der Waals surface area contributed by atoms with Crippen molar-refractivity contribution in [3.63, 3.8) is 0 Å². The molecule has 0 bridgehead atoms. The van der Waals surface area contributed by atoms with E-state index >= 15 is 0 Å². The summed E-state index contributed by atoms with van der Waals surface area (Å²) in [6.45, 7) is 9.48. The number of aromatic nitrogens is 1. The molecular weight excluding hydrogens is 330 g/mol. The zero-order valence-corrected chi connectivity index (χ0v) is 16.5. The lowest BCUT2D eigenvalue weighted by molar-refractivity contribution is 0.334. The van der Waals surface area contributed by atoms with E-state index in [4.69, 9.17) is 4.42 Å². The smallest absolute Gasteiger partial charge is 0.161 e. The number of benzene rings is 2. The molecule has 4 aromatic rings. The van der Waals surface area contributed by atoms with E-state index < -0.39 is 0 Å². The van der Waals surface area contributed by atoms with Gasteiger partial charge in [0.15, 0.2) is 5.58 Å². The maximum absolute atomic E-state index is 6.40. The molecule has 0 fully saturated rings. The maximum atomic E-state index is 6.40. The van der Waals surface area contributed by atoms with Crippen LogP contribution in [0.4, 0.5) is 0 Å². The van der Waals surface area contributed by atoms with Crippen LogP contribution in [0.3, 0.4) is 0 Å². The van der Waals surface area contributed by atoms with Gasteiger partial charge in [-0.3, -0.25) is 4.98 Å². The summed E-state index contributed by atoms with van der Waals surface area (Å²) < 4.78 is 6.40. The van der Waals surface area contributed by atoms with E-state index in [1.54, 1.807) is 0 Å². The fourth-order valence-corrected chi connectivity index (χ4v) is 4.75. The predicted molar refractivity (Wildman–Crippen MR) is 112 cm³/mol. The van der Waals surface area contributed by atoms with E-state index in [1.807, 2.05) is 24.4 Å². The van der Waals surface area contributed by atoms with Crippen LogP contribution in [0.5, 0.6) is 0 Å². The number of pyridine rings is 1. The van der Waals surface area contributed by atoms with Crippen molar-refractivity contribution in [2.75, 3.05) is 0 Å². The quantitative estimate of drug-likeness (QED) is 0.367. The molecule has 27 heavy (non-hydrogen) atoms. The highest BCUT2D eigenvalue weighted by Crippen LogP contribution is 2.50. The molecular formula is C25H25NO. The molecule has 0 atom stereocenters. The minimum atomic E-state index is 0.136. The Labute approximate surface area is 160 Å². The normalized spacial score (nSPS) is 17.9. The van der Waals surface area contributed by atoms with Crippen LogP contribution in [-0.2, 0) is 10.8 Å². The first-order chi connectivity index (χ1) is 12.9. The van der Waals surface area contributed by atoms with Gasteiger partial charge in [-0.25, -0.2) is 0 Å². The third kappa shape index (κ3) is 2.36. The summed E-state index contributed by atoms with van der Waals surface area (Å²) in [5.41, 5.74) is 7.13. The molecule has 0 radical (unpaired) electrons. The van der Waals surface area contributed by atoms with Gasteiger partial charge in [-0.15, -0.1) is 0 Å². The van der Waals surface area contributed by atoms with Crippen LogP contribution in [0.1, 0.15) is 51.7 Å². The maximum Gasteiger partial charge on any atom is 0.161 e. The summed E-state index contributed by atoms with van der Waals surface area (Å²) in [7, 11) is 0. The van der Waals surface area contributed by atoms with E-state index in [-0.39, 0.29) is 10.8 Å². The van der Waals surface area contributed by atoms with Gasteiger partial charge in [-0.05, 0) is 46.9 Å². The second-order valence-electron chi connectivity index (χ2n) is 9.13. The molecule has 2 heteroatoms. The van der Waals surface area contributed by atoms with Crippen molar-refractivity contribution in [1.82, 2.24) is 4.98 Å². The molecule has 0 amide bonds. The number of hydrogen-bond acceptors (Lipinski definition) is 2. The Morgan fingerprint density at radius 2 is 1.59 bits per heavy atom. The third-order valence-corrected chi connectivity index (χ3v) is 6.38. The highest BCUT2D eigenvalue weighted by molar-refractivity contribution is 6.11. The minimum Gasteiger partial charge on any atom is -0.454 e. The van der Waals surface area contributed by atoms with Crippen LogP contribution in [0.15, 0.2) is 59.1 Å². The van der Waals surface area contributed by atoms with Crippen molar-refractivity contribution in [1.29, 1.82) is 0 Å². The minimum absolute atomic E-state index is 0.136. The fraction of sp³-hybridized carbons (Fsp3) is 0.320. The highest BCUT2D eigenvalue weighted by atomic mass is 16.3. The van der Waals surface area contributed by atoms with Crippen molar-refractivity contribution in [2.24, 2.45) is 0 Å². The Balaban J connectivity index is 1.91. The summed E-state index contributed by atoms with van der Waals surface area (Å²) in [6, 6.07) is 16.9. The number of fused-ring (bicyclic) bond motifs is 5. The molecule has 5 rings (SSSR count). The van der Waals surface area contributed by atoms with Gasteiger partial charge in [-0.1, -0.05) is 64.1 Å². The van der Waals surface area contributed by atoms with Gasteiger partial charge in [0, 0.05) is 22.5 Å². The molecule has 0 N–H and O–H groups in total. The summed E-state index contributed by atoms with van der Waals surface area (Å²) in [6.07, 6.45) is 4.32. The summed E-state index contributed by atoms with van der Waals surface area (Å²) in [5.74, 6) is 0. The van der Waals surface area contributed by atoms with Crippen molar-refractivity contribution in [3.05, 3.63) is 65.9 Å². The largest absolute Gasteiger partial charge is 0.454 e. The van der Waals surface area contributed by atoms with Crippen LogP contribution >= 0.6 is 0 Å². The molecule has 1 aliphatic carbocycles. The Morgan fingerprint density at radius 3 is 2.37 bits per heavy atom. The third-order valence-electron chi connectivity index (χ3n) is 6.38. The lowest BCUT2D eigenvalue weighted by atomic mass is 9.62. The fourth-order valence-electron chi connectivity index (χ4n) is 4.75. The first-order valence-electron chi connectivity index (χ1n) is 9.79. The van der Waals surface area contributed by atoms with Crippen molar-refractivity contribution < 1.29 is 4.42 Å². The molecule has 2 nitrogen and oxygen atoms in total. The van der Waals surface area contributed by atoms with Crippen molar-refractivity contribution in [2.45, 2.75) is 51.4 Å². The van der Waals surface area contributed by atoms with E-state index in [9.17, 15) is 0 Å². The second kappa shape index (κ2) is 5.45. The van der Waals surface area contributed by atoms with Gasteiger partial charge < -0.3 is 4.42 Å². The standard InChI is InChI=1S/C25H25NO/c1-24(2)13-14-25(3,4)21-18(24)10-11-19-20(21)17-12-15-26-22(23(17)27-19)16-8-6-5-7-9-16/h5-12,15H,13-14H2,1-4H3. The van der Waals surface area contributed by atoms with Gasteiger partial charge in [0.1, 0.15) is 11.3 Å². The average molecular weight is 355 g/mol. The summed E-state index contributed by atoms with van der Waals surface area (Å²) in [5, 5.41) is 2.46. The molecule has 2 aromatic carbocycles. The van der Waals surface area contributed by atoms with Crippen LogP contribution in [-0.4, -0.2) is 4.98 Å². The lowest BCUT2D eigenvalue weighted by Crippen LogP contribution is -2.33. The van der Waals surface area contributed by atoms with Crippen LogP contribution < -0.4 is 0 Å². The van der Waals surface area contributed by atoms with Gasteiger partial charge >= 0.3 is 0 Å². The van der Waals surface area contributed by atoms with E-state index in [2.05, 4.69) is 63.0 Å². The van der Waals surface area contributed by atoms with Crippen molar-refractivity contribution >= 4 is 21.9 Å². The number of hydrogen-bond donors (Lipinski definition) is 0. The average Bonchev–Trinajstić information content (AvgIpc) is 3.04. The van der Waals surface area contributed by atoms with Gasteiger partial charge in [0.25, 0.3) is 0 Å². The Morgan fingerprint density at radius 1 is 0.852 bits per heavy atom. The highest BCUT2D eigenvalue weighted by Gasteiger charge is 2.39. The zero-order chi connectivity index (χ0) is 18.8. The number of furan rings is 1. The van der Waals surface area contributed by atoms with Crippen molar-refractivity contribution in [3.8, 4) is 11.3 Å². The Hall–Kier alpha value is -2.61. The zero-order valence-electron chi connectivity index (χ0n) is 16.5. The number of nitrogens with zero attached hydrogens (tertiary/aromatic N) is 1. The van der Waals surface area contributed by atoms with Gasteiger partial charge in [0.05, 0.1) is 0 Å². The molecule has 0 spiro atoms. The lowest BCUT2D eigenvalue weighted by Gasteiger charge is -2.42. The van der Waals surface area contributed by atoms with E-state index in [0.29, 0.717) is 0 Å². The first kappa shape index (κ1) is 16.6. The van der Waals surface area contributed by atoms with Crippen LogP contribution in [0.25, 0.3) is 33.2 Å². The topological polar surface area (TPSA) is 26.0 Å². The Kier molecular flexibility index (Phi) is 3.34. The SMILES string of the molecule is CC1(C)CCC(C)(C)c2c1ccc1oc3c(-c4ccccc4)nccc3c21. The molecule has 1 aliphatic rings. The number of rotatable bonds is 1. The van der Waals surface area contributed by atoms with E-state index in [1.165, 1.54) is 34.7 Å². The molecule has 2 heterocycles. The molecule has 136 valence electrons. The molecule has 0 saturated carbocycles. The van der Waals surface area contributed by atoms with Gasteiger partial charge in [0.2, 0.25) is 0 Å². The molecule has 0 aliphatic heterocycles. The van der Waals surface area contributed by atoms with E-state index in [0.717, 1.165) is 22.4 Å². The first-order valence-corrected chi connectivity index (χ1v) is 9.79. The molecule has 0 unspecified atom stereocenters. The Bertz CT molecular complexity index is 1170. The van der Waals surface area contributed by atoms with Crippen LogP contribution in [0.2, 0.25) is 0 Å². The summed E-state index contributed by atoms with van der Waals surface area (Å²) in [4.78, 5) is 4.66. The second-order valence-corrected chi connectivity index (χ2v) is 9.13. The predicted octanol–water partition coefficient (Wildman–Crippen LogP) is 7.00. The monoisotopic (exact) mass is 355 g/mol. The van der Waals surface area contributed by atoms with Gasteiger partial charge in [-0.2, -0.15) is 0 Å². The van der Waals surface area contributed by atoms with Crippen LogP contribution in [0, 0.1) is 0 Å².